The van der Waals surface area contributed by atoms with E-state index in [4.69, 9.17) is 5.73 Å². The second-order valence-corrected chi connectivity index (χ2v) is 8.84. The molecule has 30 heavy (non-hydrogen) atoms. The number of halogens is 4. The average Bonchev–Trinajstić information content (AvgIpc) is 2.94. The Morgan fingerprint density at radius 1 is 1.17 bits per heavy atom. The number of hydrogen-bond donors (Lipinski definition) is 2. The summed E-state index contributed by atoms with van der Waals surface area (Å²) in [7, 11) is 0. The highest BCUT2D eigenvalue weighted by Gasteiger charge is 2.34. The average molecular weight is 423 g/mol. The lowest BCUT2D eigenvalue weighted by atomic mass is 9.92. The highest BCUT2D eigenvalue weighted by Crippen LogP contribution is 2.37. The van der Waals surface area contributed by atoms with Gasteiger partial charge in [0.1, 0.15) is 5.82 Å². The Bertz CT molecular complexity index is 964. The van der Waals surface area contributed by atoms with Gasteiger partial charge >= 0.3 is 6.18 Å². The summed E-state index contributed by atoms with van der Waals surface area (Å²) in [5.41, 5.74) is 7.91. The quantitative estimate of drug-likeness (QED) is 0.514. The number of nitrogen functional groups attached to an aromatic ring is 1. The van der Waals surface area contributed by atoms with Gasteiger partial charge in [0.25, 0.3) is 0 Å². The van der Waals surface area contributed by atoms with Crippen molar-refractivity contribution in [1.82, 2.24) is 0 Å². The summed E-state index contributed by atoms with van der Waals surface area (Å²) in [4.78, 5) is 14.2. The molecule has 0 radical (unpaired) electrons. The van der Waals surface area contributed by atoms with E-state index in [2.05, 4.69) is 5.32 Å². The van der Waals surface area contributed by atoms with Gasteiger partial charge in [-0.05, 0) is 47.2 Å². The number of carbonyl (C=O) groups is 1. The molecule has 2 aromatic rings. The maximum Gasteiger partial charge on any atom is 0.419 e. The summed E-state index contributed by atoms with van der Waals surface area (Å²) in [6.07, 6.45) is -3.67. The predicted molar refractivity (Wildman–Crippen MR) is 110 cm³/mol. The summed E-state index contributed by atoms with van der Waals surface area (Å²) in [5.74, 6) is -1.40. The molecule has 8 heteroatoms. The van der Waals surface area contributed by atoms with E-state index in [1.807, 2.05) is 31.7 Å². The summed E-state index contributed by atoms with van der Waals surface area (Å²) < 4.78 is 52.1. The van der Waals surface area contributed by atoms with Crippen LogP contribution in [0.4, 0.5) is 34.6 Å². The molecule has 162 valence electrons. The molecule has 2 aromatic carbocycles. The third-order valence-corrected chi connectivity index (χ3v) is 4.92. The van der Waals surface area contributed by atoms with Crippen LogP contribution in [-0.4, -0.2) is 12.5 Å². The molecule has 0 saturated heterocycles. The Labute approximate surface area is 173 Å². The molecule has 1 heterocycles. The van der Waals surface area contributed by atoms with Gasteiger partial charge in [-0.1, -0.05) is 26.8 Å². The zero-order chi connectivity index (χ0) is 22.3. The number of fused-ring (bicyclic) bond motifs is 1. The number of nitrogens with one attached hydrogen (secondary N) is 1. The molecular formula is C22H25F4N3O. The number of nitrogens with zero attached hydrogens (tertiary/aromatic N) is 1. The molecule has 0 spiro atoms. The molecule has 3 rings (SSSR count). The third-order valence-electron chi connectivity index (χ3n) is 4.92. The maximum atomic E-state index is 13.9. The molecule has 4 nitrogen and oxygen atoms in total. The van der Waals surface area contributed by atoms with Crippen LogP contribution in [0.25, 0.3) is 0 Å². The van der Waals surface area contributed by atoms with Crippen LogP contribution >= 0.6 is 0 Å². The SMILES string of the molecule is CC(C)(C)CC(=O)Nc1cc2c(cc1N)N(Cc1ccc(C(F)(F)F)c(F)c1)CC2. The molecule has 0 fully saturated rings. The van der Waals surface area contributed by atoms with Crippen LogP contribution in [0.15, 0.2) is 30.3 Å². The topological polar surface area (TPSA) is 58.4 Å². The molecule has 1 aliphatic heterocycles. The molecular weight excluding hydrogens is 398 g/mol. The molecule has 0 atom stereocenters. The first-order valence-corrected chi connectivity index (χ1v) is 9.66. The summed E-state index contributed by atoms with van der Waals surface area (Å²) in [6, 6.07) is 6.55. The molecule has 3 N–H and O–H groups in total. The number of rotatable bonds is 4. The van der Waals surface area contributed by atoms with Crippen LogP contribution < -0.4 is 16.0 Å². The van der Waals surface area contributed by atoms with E-state index in [1.54, 1.807) is 6.07 Å². The highest BCUT2D eigenvalue weighted by molar-refractivity contribution is 5.95. The number of benzene rings is 2. The van der Waals surface area contributed by atoms with E-state index in [0.29, 0.717) is 36.3 Å². The van der Waals surface area contributed by atoms with E-state index >= 15 is 0 Å². The van der Waals surface area contributed by atoms with Gasteiger partial charge in [-0.2, -0.15) is 13.2 Å². The predicted octanol–water partition coefficient (Wildman–Crippen LogP) is 5.36. The van der Waals surface area contributed by atoms with Crippen molar-refractivity contribution in [2.75, 3.05) is 22.5 Å². The van der Waals surface area contributed by atoms with Gasteiger partial charge < -0.3 is 16.0 Å². The number of alkyl halides is 3. The fraction of sp³-hybridized carbons (Fsp3) is 0.409. The second-order valence-electron chi connectivity index (χ2n) is 8.84. The van der Waals surface area contributed by atoms with Crippen LogP contribution in [0.1, 0.15) is 43.9 Å². The molecule has 0 aromatic heterocycles. The summed E-state index contributed by atoms with van der Waals surface area (Å²) in [6.45, 7) is 6.80. The van der Waals surface area contributed by atoms with Crippen molar-refractivity contribution in [1.29, 1.82) is 0 Å². The van der Waals surface area contributed by atoms with E-state index < -0.39 is 17.6 Å². The number of anilines is 3. The van der Waals surface area contributed by atoms with E-state index in [1.165, 1.54) is 6.07 Å². The second kappa shape index (κ2) is 7.81. The van der Waals surface area contributed by atoms with Crippen molar-refractivity contribution in [3.63, 3.8) is 0 Å². The smallest absolute Gasteiger partial charge is 0.397 e. The number of hydrogen-bond acceptors (Lipinski definition) is 3. The molecule has 0 bridgehead atoms. The Hall–Kier alpha value is -2.77. The maximum absolute atomic E-state index is 13.9. The fourth-order valence-electron chi connectivity index (χ4n) is 3.58. The lowest BCUT2D eigenvalue weighted by Gasteiger charge is -2.22. The Kier molecular flexibility index (Phi) is 5.71. The molecule has 0 aliphatic carbocycles. The van der Waals surface area contributed by atoms with Crippen molar-refractivity contribution >= 4 is 23.0 Å². The summed E-state index contributed by atoms with van der Waals surface area (Å²) in [5, 5.41) is 2.85. The van der Waals surface area contributed by atoms with Crippen LogP contribution in [-0.2, 0) is 23.9 Å². The zero-order valence-electron chi connectivity index (χ0n) is 17.2. The minimum Gasteiger partial charge on any atom is -0.397 e. The molecule has 1 aliphatic rings. The van der Waals surface area contributed by atoms with Crippen molar-refractivity contribution in [3.8, 4) is 0 Å². The molecule has 0 unspecified atom stereocenters. The van der Waals surface area contributed by atoms with Crippen LogP contribution in [0.2, 0.25) is 0 Å². The van der Waals surface area contributed by atoms with Gasteiger partial charge in [0.15, 0.2) is 0 Å². The monoisotopic (exact) mass is 423 g/mol. The minimum atomic E-state index is -4.72. The van der Waals surface area contributed by atoms with Crippen molar-refractivity contribution in [2.45, 2.75) is 46.3 Å². The minimum absolute atomic E-state index is 0.121. The van der Waals surface area contributed by atoms with Gasteiger partial charge in [0.2, 0.25) is 5.91 Å². The van der Waals surface area contributed by atoms with Gasteiger partial charge in [-0.3, -0.25) is 4.79 Å². The van der Waals surface area contributed by atoms with Crippen LogP contribution in [0.5, 0.6) is 0 Å². The largest absolute Gasteiger partial charge is 0.419 e. The standard InChI is InChI=1S/C22H25F4N3O/c1-21(2,3)11-20(30)28-18-9-14-6-7-29(19(14)10-17(18)27)12-13-4-5-15(16(23)8-13)22(24,25)26/h4-5,8-10H,6-7,11-12,27H2,1-3H3,(H,28,30). The number of nitrogens with two attached hydrogens (primary N) is 1. The number of carbonyl (C=O) groups excluding carboxylic acids is 1. The number of amides is 1. The van der Waals surface area contributed by atoms with Crippen molar-refractivity contribution in [2.24, 2.45) is 5.41 Å². The summed E-state index contributed by atoms with van der Waals surface area (Å²) >= 11 is 0. The molecule has 1 amide bonds. The van der Waals surface area contributed by atoms with Crippen LogP contribution in [0.3, 0.4) is 0 Å². The zero-order valence-corrected chi connectivity index (χ0v) is 17.2. The van der Waals surface area contributed by atoms with Gasteiger partial charge in [-0.15, -0.1) is 0 Å². The first kappa shape index (κ1) is 21.9. The Morgan fingerprint density at radius 3 is 2.47 bits per heavy atom. The van der Waals surface area contributed by atoms with Gasteiger partial charge in [0.05, 0.1) is 16.9 Å². The third kappa shape index (κ3) is 5.04. The highest BCUT2D eigenvalue weighted by atomic mass is 19.4. The lowest BCUT2D eigenvalue weighted by molar-refractivity contribution is -0.140. The van der Waals surface area contributed by atoms with Crippen LogP contribution in [0, 0.1) is 11.2 Å². The van der Waals surface area contributed by atoms with E-state index in [-0.39, 0.29) is 17.9 Å². The first-order chi connectivity index (χ1) is 13.8. The molecule has 0 saturated carbocycles. The first-order valence-electron chi connectivity index (χ1n) is 9.66. The van der Waals surface area contributed by atoms with Gasteiger partial charge in [0, 0.05) is 25.2 Å². The Balaban J connectivity index is 1.76. The normalized spacial score (nSPS) is 14.0. The van der Waals surface area contributed by atoms with Gasteiger partial charge in [-0.25, -0.2) is 4.39 Å². The van der Waals surface area contributed by atoms with E-state index in [9.17, 15) is 22.4 Å². The van der Waals surface area contributed by atoms with Crippen molar-refractivity contribution < 1.29 is 22.4 Å². The van der Waals surface area contributed by atoms with Crippen molar-refractivity contribution in [3.05, 3.63) is 52.8 Å². The fourth-order valence-corrected chi connectivity index (χ4v) is 3.58. The lowest BCUT2D eigenvalue weighted by Crippen LogP contribution is -2.21. The Morgan fingerprint density at radius 2 is 1.87 bits per heavy atom. The van der Waals surface area contributed by atoms with E-state index in [0.717, 1.165) is 23.4 Å².